The molecule has 6 heteroatoms. The molecule has 0 N–H and O–H groups in total. The van der Waals surface area contributed by atoms with Gasteiger partial charge in [0, 0.05) is 12.5 Å². The van der Waals surface area contributed by atoms with Crippen LogP contribution in [0.25, 0.3) is 0 Å². The first-order valence-corrected chi connectivity index (χ1v) is 10.0. The first kappa shape index (κ1) is 23.8. The summed E-state index contributed by atoms with van der Waals surface area (Å²) in [5.41, 5.74) is 0. The molecule has 0 radical (unpaired) electrons. The molecule has 0 heterocycles. The number of rotatable bonds is 15. The quantitative estimate of drug-likeness (QED) is 0.400. The summed E-state index contributed by atoms with van der Waals surface area (Å²) >= 11 is 11.4. The van der Waals surface area contributed by atoms with Crippen LogP contribution in [0.3, 0.4) is 0 Å². The van der Waals surface area contributed by atoms with Crippen molar-refractivity contribution in [1.29, 1.82) is 0 Å². The van der Waals surface area contributed by atoms with E-state index >= 15 is 0 Å². The van der Waals surface area contributed by atoms with E-state index in [1.165, 1.54) is 0 Å². The minimum atomic E-state index is -0.524. The Hall–Kier alpha value is -0.160. The van der Waals surface area contributed by atoms with Crippen LogP contribution >= 0.6 is 23.2 Å². The minimum Gasteiger partial charge on any atom is -0.304 e. The zero-order valence-corrected chi connectivity index (χ0v) is 17.2. The zero-order chi connectivity index (χ0) is 18.5. The number of carbonyl (C=O) groups excluding carboxylic acids is 2. The summed E-state index contributed by atoms with van der Waals surface area (Å²) < 4.78 is 0. The molecule has 0 aromatic carbocycles. The lowest BCUT2D eigenvalue weighted by Crippen LogP contribution is -2.44. The highest BCUT2D eigenvalue weighted by atomic mass is 35.5. The predicted molar refractivity (Wildman–Crippen MR) is 103 cm³/mol. The summed E-state index contributed by atoms with van der Waals surface area (Å²) in [7, 11) is 0. The van der Waals surface area contributed by atoms with E-state index in [4.69, 9.17) is 23.2 Å². The molecule has 0 aliphatic carbocycles. The maximum Gasteiger partial charge on any atom is 0.226 e. The van der Waals surface area contributed by atoms with Gasteiger partial charge in [0.25, 0.3) is 0 Å². The second-order valence-corrected chi connectivity index (χ2v) is 7.04. The third kappa shape index (κ3) is 9.36. The summed E-state index contributed by atoms with van der Waals surface area (Å²) in [6.45, 7) is 13.4. The van der Waals surface area contributed by atoms with E-state index in [-0.39, 0.29) is 12.5 Å². The maximum atomic E-state index is 11.9. The van der Waals surface area contributed by atoms with Crippen molar-refractivity contribution >= 4 is 33.7 Å². The van der Waals surface area contributed by atoms with Crippen LogP contribution in [0.5, 0.6) is 0 Å². The van der Waals surface area contributed by atoms with E-state index in [1.807, 2.05) is 0 Å². The summed E-state index contributed by atoms with van der Waals surface area (Å²) in [6.07, 6.45) is 3.98. The summed E-state index contributed by atoms with van der Waals surface area (Å²) in [5.74, 6) is -0.524. The van der Waals surface area contributed by atoms with Crippen LogP contribution in [-0.4, -0.2) is 59.1 Å². The van der Waals surface area contributed by atoms with Crippen molar-refractivity contribution in [2.24, 2.45) is 5.92 Å². The Kier molecular flexibility index (Phi) is 14.0. The van der Waals surface area contributed by atoms with Crippen LogP contribution in [0.15, 0.2) is 0 Å². The molecule has 0 aromatic heterocycles. The van der Waals surface area contributed by atoms with Crippen LogP contribution in [0.1, 0.15) is 59.8 Å². The maximum absolute atomic E-state index is 11.9. The largest absolute Gasteiger partial charge is 0.304 e. The Morgan fingerprint density at radius 3 is 1.96 bits per heavy atom. The van der Waals surface area contributed by atoms with E-state index in [0.717, 1.165) is 58.4 Å². The molecule has 0 saturated carbocycles. The number of hydrogen-bond acceptors (Lipinski definition) is 4. The zero-order valence-electron chi connectivity index (χ0n) is 15.7. The van der Waals surface area contributed by atoms with Gasteiger partial charge in [-0.25, -0.2) is 0 Å². The second-order valence-electron chi connectivity index (χ2n) is 6.24. The molecule has 0 rings (SSSR count). The first-order chi connectivity index (χ1) is 11.4. The van der Waals surface area contributed by atoms with Gasteiger partial charge in [0.2, 0.25) is 10.5 Å². The Bertz CT molecular complexity index is 367. The molecular formula is C18H34Cl2N2O2. The summed E-state index contributed by atoms with van der Waals surface area (Å²) in [6, 6.07) is -0.0250. The van der Waals surface area contributed by atoms with Crippen LogP contribution < -0.4 is 0 Å². The number of halogens is 2. The molecular weight excluding hydrogens is 347 g/mol. The van der Waals surface area contributed by atoms with E-state index < -0.39 is 16.4 Å². The minimum absolute atomic E-state index is 0.0151. The molecule has 4 nitrogen and oxygen atoms in total. The van der Waals surface area contributed by atoms with Crippen molar-refractivity contribution in [2.45, 2.75) is 65.8 Å². The van der Waals surface area contributed by atoms with Gasteiger partial charge in [0.1, 0.15) is 0 Å². The molecule has 0 aromatic rings. The summed E-state index contributed by atoms with van der Waals surface area (Å²) in [4.78, 5) is 28.0. The Balaban J connectivity index is 5.02. The Morgan fingerprint density at radius 2 is 1.54 bits per heavy atom. The summed E-state index contributed by atoms with van der Waals surface area (Å²) in [5, 5.41) is -0.947. The molecule has 0 aliphatic rings. The van der Waals surface area contributed by atoms with Gasteiger partial charge in [0.15, 0.2) is 0 Å². The number of hydrogen-bond donors (Lipinski definition) is 0. The molecule has 24 heavy (non-hydrogen) atoms. The fourth-order valence-electron chi connectivity index (χ4n) is 3.29. The van der Waals surface area contributed by atoms with Gasteiger partial charge < -0.3 is 4.90 Å². The van der Waals surface area contributed by atoms with Gasteiger partial charge in [-0.3, -0.25) is 14.5 Å². The molecule has 2 atom stereocenters. The van der Waals surface area contributed by atoms with Gasteiger partial charge in [-0.05, 0) is 81.6 Å². The molecule has 0 spiro atoms. The highest BCUT2D eigenvalue weighted by Crippen LogP contribution is 2.24. The second kappa shape index (κ2) is 14.1. The third-order valence-corrected chi connectivity index (χ3v) is 4.92. The molecule has 2 unspecified atom stereocenters. The van der Waals surface area contributed by atoms with Crippen molar-refractivity contribution in [2.75, 3.05) is 32.7 Å². The van der Waals surface area contributed by atoms with Gasteiger partial charge in [-0.1, -0.05) is 27.7 Å². The van der Waals surface area contributed by atoms with Gasteiger partial charge in [-0.2, -0.15) is 0 Å². The standard InChI is InChI=1S/C18H34Cl2N2O2/c1-5-11-21(7-3)13-9-10-16(22(8-4)12-6-2)15(18(20)24)14-17(19)23/h15-16H,5-14H2,1-4H3. The highest BCUT2D eigenvalue weighted by Gasteiger charge is 2.32. The molecule has 0 fully saturated rings. The van der Waals surface area contributed by atoms with Crippen molar-refractivity contribution in [3.63, 3.8) is 0 Å². The average molecular weight is 381 g/mol. The lowest BCUT2D eigenvalue weighted by molar-refractivity contribution is -0.122. The highest BCUT2D eigenvalue weighted by molar-refractivity contribution is 6.66. The van der Waals surface area contributed by atoms with E-state index in [9.17, 15) is 9.59 Å². The fraction of sp³-hybridized carbons (Fsp3) is 0.889. The van der Waals surface area contributed by atoms with Crippen LogP contribution in [0.2, 0.25) is 0 Å². The van der Waals surface area contributed by atoms with Crippen LogP contribution in [-0.2, 0) is 9.59 Å². The van der Waals surface area contributed by atoms with E-state index in [1.54, 1.807) is 0 Å². The number of carbonyl (C=O) groups is 2. The van der Waals surface area contributed by atoms with Gasteiger partial charge in [0.05, 0.1) is 5.92 Å². The molecule has 0 saturated heterocycles. The molecule has 0 amide bonds. The van der Waals surface area contributed by atoms with Crippen molar-refractivity contribution < 1.29 is 9.59 Å². The molecule has 142 valence electrons. The Morgan fingerprint density at radius 1 is 0.917 bits per heavy atom. The monoisotopic (exact) mass is 380 g/mol. The van der Waals surface area contributed by atoms with Gasteiger partial charge >= 0.3 is 0 Å². The van der Waals surface area contributed by atoms with E-state index in [0.29, 0.717) is 0 Å². The topological polar surface area (TPSA) is 40.6 Å². The van der Waals surface area contributed by atoms with Gasteiger partial charge in [-0.15, -0.1) is 0 Å². The van der Waals surface area contributed by atoms with Crippen molar-refractivity contribution in [3.8, 4) is 0 Å². The van der Waals surface area contributed by atoms with Crippen LogP contribution in [0.4, 0.5) is 0 Å². The van der Waals surface area contributed by atoms with Crippen molar-refractivity contribution in [3.05, 3.63) is 0 Å². The van der Waals surface area contributed by atoms with Crippen molar-refractivity contribution in [1.82, 2.24) is 9.80 Å². The normalized spacial score (nSPS) is 14.2. The lowest BCUT2D eigenvalue weighted by atomic mass is 9.92. The lowest BCUT2D eigenvalue weighted by Gasteiger charge is -2.35. The molecule has 0 bridgehead atoms. The SMILES string of the molecule is CCCN(CC)CCCC(C(CC(=O)Cl)C(=O)Cl)N(CC)CCC. The fourth-order valence-corrected chi connectivity index (χ4v) is 3.68. The van der Waals surface area contributed by atoms with E-state index in [2.05, 4.69) is 37.5 Å². The smallest absolute Gasteiger partial charge is 0.226 e. The first-order valence-electron chi connectivity index (χ1n) is 9.25. The predicted octanol–water partition coefficient (Wildman–Crippen LogP) is 4.14. The average Bonchev–Trinajstić information content (AvgIpc) is 2.53. The third-order valence-electron chi connectivity index (χ3n) is 4.48. The Labute approximate surface area is 157 Å². The van der Waals surface area contributed by atoms with Crippen LogP contribution in [0, 0.1) is 5.92 Å². The molecule has 0 aliphatic heterocycles. The number of nitrogens with zero attached hydrogens (tertiary/aromatic N) is 2.